The van der Waals surface area contributed by atoms with E-state index in [1.165, 1.54) is 29.2 Å². The molecule has 0 aliphatic heterocycles. The van der Waals surface area contributed by atoms with E-state index in [1.54, 1.807) is 43.3 Å². The molecule has 230 valence electrons. The van der Waals surface area contributed by atoms with Gasteiger partial charge in [-0.15, -0.1) is 0 Å². The number of halogens is 2. The molecule has 0 bridgehead atoms. The first kappa shape index (κ1) is 33.1. The molecule has 0 aliphatic carbocycles. The van der Waals surface area contributed by atoms with Gasteiger partial charge in [-0.3, -0.25) is 13.9 Å². The molecule has 44 heavy (non-hydrogen) atoms. The molecule has 1 N–H and O–H groups in total. The van der Waals surface area contributed by atoms with Gasteiger partial charge in [0, 0.05) is 29.6 Å². The van der Waals surface area contributed by atoms with Crippen molar-refractivity contribution in [1.29, 1.82) is 0 Å². The number of sulfonamides is 1. The molecule has 0 aliphatic rings. The summed E-state index contributed by atoms with van der Waals surface area (Å²) in [4.78, 5) is 29.4. The second kappa shape index (κ2) is 14.8. The Bertz CT molecular complexity index is 1710. The number of hydrogen-bond donors (Lipinski definition) is 1. The third-order valence-corrected chi connectivity index (χ3v) is 9.79. The summed E-state index contributed by atoms with van der Waals surface area (Å²) in [6.45, 7) is 5.41. The number of likely N-dealkylation sites (N-methyl/N-ethyl adjacent to an activating group) is 1. The highest BCUT2D eigenvalue weighted by molar-refractivity contribution is 7.92. The first-order valence-corrected chi connectivity index (χ1v) is 16.4. The number of rotatable bonds is 12. The summed E-state index contributed by atoms with van der Waals surface area (Å²) in [5, 5.41) is 3.67. The van der Waals surface area contributed by atoms with E-state index >= 15 is 0 Å². The van der Waals surface area contributed by atoms with Crippen LogP contribution in [0.2, 0.25) is 10.0 Å². The second-order valence-electron chi connectivity index (χ2n) is 10.4. The Labute approximate surface area is 269 Å². The Morgan fingerprint density at radius 1 is 0.841 bits per heavy atom. The SMILES string of the molecule is CCNC(=O)[C@@H](Cc1ccccc1)N(Cc1ccccc1Cl)C(=O)CN(c1ccc(C)c(C)c1)S(=O)(=O)c1ccc(Cl)cc1. The largest absolute Gasteiger partial charge is 0.355 e. The first-order valence-electron chi connectivity index (χ1n) is 14.2. The lowest BCUT2D eigenvalue weighted by Crippen LogP contribution is -2.53. The number of anilines is 1. The third-order valence-electron chi connectivity index (χ3n) is 7.38. The number of amides is 2. The smallest absolute Gasteiger partial charge is 0.264 e. The zero-order valence-electron chi connectivity index (χ0n) is 24.8. The Balaban J connectivity index is 1.82. The lowest BCUT2D eigenvalue weighted by Gasteiger charge is -2.34. The number of carbonyl (C=O) groups excluding carboxylic acids is 2. The minimum absolute atomic E-state index is 0.00506. The van der Waals surface area contributed by atoms with Crippen molar-refractivity contribution in [3.05, 3.63) is 129 Å². The number of nitrogens with zero attached hydrogens (tertiary/aromatic N) is 2. The van der Waals surface area contributed by atoms with E-state index < -0.39 is 28.5 Å². The van der Waals surface area contributed by atoms with Gasteiger partial charge in [0.2, 0.25) is 11.8 Å². The van der Waals surface area contributed by atoms with E-state index in [1.807, 2.05) is 50.2 Å². The average molecular weight is 653 g/mol. The lowest BCUT2D eigenvalue weighted by molar-refractivity contribution is -0.140. The van der Waals surface area contributed by atoms with Crippen LogP contribution in [-0.4, -0.2) is 44.3 Å². The molecule has 1 atom stereocenters. The van der Waals surface area contributed by atoms with E-state index in [0.717, 1.165) is 21.0 Å². The molecule has 0 heterocycles. The first-order chi connectivity index (χ1) is 21.0. The Hall–Kier alpha value is -3.85. The summed E-state index contributed by atoms with van der Waals surface area (Å²) in [6.07, 6.45) is 0.219. The molecule has 4 aromatic rings. The maximum atomic E-state index is 14.4. The van der Waals surface area contributed by atoms with Crippen LogP contribution < -0.4 is 9.62 Å². The van der Waals surface area contributed by atoms with Crippen LogP contribution in [0.4, 0.5) is 5.69 Å². The number of hydrogen-bond acceptors (Lipinski definition) is 4. The van der Waals surface area contributed by atoms with Gasteiger partial charge in [0.25, 0.3) is 10.0 Å². The summed E-state index contributed by atoms with van der Waals surface area (Å²) < 4.78 is 29.3. The maximum absolute atomic E-state index is 14.4. The van der Waals surface area contributed by atoms with E-state index in [2.05, 4.69) is 5.32 Å². The topological polar surface area (TPSA) is 86.8 Å². The van der Waals surface area contributed by atoms with Gasteiger partial charge in [0.05, 0.1) is 10.6 Å². The predicted molar refractivity (Wildman–Crippen MR) is 177 cm³/mol. The number of aryl methyl sites for hydroxylation is 2. The van der Waals surface area contributed by atoms with Crippen LogP contribution in [0.25, 0.3) is 0 Å². The highest BCUT2D eigenvalue weighted by Gasteiger charge is 2.34. The van der Waals surface area contributed by atoms with Crippen molar-refractivity contribution in [2.24, 2.45) is 0 Å². The number of benzene rings is 4. The second-order valence-corrected chi connectivity index (χ2v) is 13.2. The van der Waals surface area contributed by atoms with Gasteiger partial charge in [-0.05, 0) is 85.5 Å². The molecule has 7 nitrogen and oxygen atoms in total. The fourth-order valence-corrected chi connectivity index (χ4v) is 6.53. The van der Waals surface area contributed by atoms with Crippen molar-refractivity contribution in [3.63, 3.8) is 0 Å². The van der Waals surface area contributed by atoms with Gasteiger partial charge in [0.15, 0.2) is 0 Å². The van der Waals surface area contributed by atoms with Crippen molar-refractivity contribution in [2.75, 3.05) is 17.4 Å². The Morgan fingerprint density at radius 2 is 1.50 bits per heavy atom. The quantitative estimate of drug-likeness (QED) is 0.187. The molecule has 0 radical (unpaired) electrons. The molecule has 0 unspecified atom stereocenters. The molecular weight excluding hydrogens is 617 g/mol. The molecule has 4 rings (SSSR count). The fourth-order valence-electron chi connectivity index (χ4n) is 4.80. The fraction of sp³-hybridized carbons (Fsp3) is 0.235. The number of nitrogens with one attached hydrogen (secondary N) is 1. The minimum Gasteiger partial charge on any atom is -0.355 e. The Kier molecular flexibility index (Phi) is 11.1. The predicted octanol–water partition coefficient (Wildman–Crippen LogP) is 6.58. The highest BCUT2D eigenvalue weighted by Crippen LogP contribution is 2.28. The summed E-state index contributed by atoms with van der Waals surface area (Å²) in [7, 11) is -4.22. The van der Waals surface area contributed by atoms with Crippen LogP contribution in [0.5, 0.6) is 0 Å². The summed E-state index contributed by atoms with van der Waals surface area (Å²) in [5.74, 6) is -0.914. The Morgan fingerprint density at radius 3 is 2.14 bits per heavy atom. The van der Waals surface area contributed by atoms with Crippen LogP contribution in [0.3, 0.4) is 0 Å². The van der Waals surface area contributed by atoms with Crippen LogP contribution in [-0.2, 0) is 32.6 Å². The van der Waals surface area contributed by atoms with Crippen LogP contribution in [0.15, 0.2) is 102 Å². The van der Waals surface area contributed by atoms with Crippen molar-refractivity contribution in [2.45, 2.75) is 44.7 Å². The molecule has 0 saturated carbocycles. The van der Waals surface area contributed by atoms with Gasteiger partial charge < -0.3 is 10.2 Å². The average Bonchev–Trinajstić information content (AvgIpc) is 3.00. The van der Waals surface area contributed by atoms with Crippen molar-refractivity contribution in [1.82, 2.24) is 10.2 Å². The number of carbonyl (C=O) groups is 2. The third kappa shape index (κ3) is 8.00. The van der Waals surface area contributed by atoms with E-state index in [0.29, 0.717) is 27.8 Å². The maximum Gasteiger partial charge on any atom is 0.264 e. The van der Waals surface area contributed by atoms with Gasteiger partial charge in [-0.25, -0.2) is 8.42 Å². The van der Waals surface area contributed by atoms with Crippen molar-refractivity contribution in [3.8, 4) is 0 Å². The van der Waals surface area contributed by atoms with E-state index in [9.17, 15) is 18.0 Å². The zero-order valence-corrected chi connectivity index (χ0v) is 27.2. The summed E-state index contributed by atoms with van der Waals surface area (Å²) in [5.41, 5.74) is 3.64. The molecule has 0 saturated heterocycles. The lowest BCUT2D eigenvalue weighted by atomic mass is 10.0. The summed E-state index contributed by atoms with van der Waals surface area (Å²) in [6, 6.07) is 26.5. The molecule has 0 fully saturated rings. The highest BCUT2D eigenvalue weighted by atomic mass is 35.5. The van der Waals surface area contributed by atoms with Crippen molar-refractivity contribution >= 4 is 50.7 Å². The molecule has 10 heteroatoms. The van der Waals surface area contributed by atoms with Gasteiger partial charge in [0.1, 0.15) is 12.6 Å². The van der Waals surface area contributed by atoms with Gasteiger partial charge in [-0.1, -0.05) is 77.8 Å². The standard InChI is InChI=1S/C34H35Cl2N3O4S/c1-4-37-34(41)32(21-26-10-6-5-7-11-26)38(22-27-12-8-9-13-31(27)36)33(40)23-39(29-17-14-24(2)25(3)20-29)44(42,43)30-18-15-28(35)16-19-30/h5-20,32H,4,21-23H2,1-3H3,(H,37,41)/t32-/m1/s1. The molecule has 2 amide bonds. The van der Waals surface area contributed by atoms with Gasteiger partial charge in [-0.2, -0.15) is 0 Å². The summed E-state index contributed by atoms with van der Waals surface area (Å²) >= 11 is 12.6. The molecule has 0 aromatic heterocycles. The van der Waals surface area contributed by atoms with Crippen LogP contribution in [0.1, 0.15) is 29.2 Å². The molecule has 0 spiro atoms. The molecule has 4 aromatic carbocycles. The van der Waals surface area contributed by atoms with Gasteiger partial charge >= 0.3 is 0 Å². The van der Waals surface area contributed by atoms with Crippen LogP contribution in [0, 0.1) is 13.8 Å². The van der Waals surface area contributed by atoms with Crippen molar-refractivity contribution < 1.29 is 18.0 Å². The van der Waals surface area contributed by atoms with E-state index in [-0.39, 0.29) is 23.8 Å². The van der Waals surface area contributed by atoms with E-state index in [4.69, 9.17) is 23.2 Å². The monoisotopic (exact) mass is 651 g/mol. The molecular formula is C34H35Cl2N3O4S. The zero-order chi connectivity index (χ0) is 31.9. The normalized spacial score (nSPS) is 11.9. The minimum atomic E-state index is -4.22. The van der Waals surface area contributed by atoms with Crippen LogP contribution >= 0.6 is 23.2 Å².